The minimum atomic E-state index is -0.147. The first-order chi connectivity index (χ1) is 13.5. The summed E-state index contributed by atoms with van der Waals surface area (Å²) in [6, 6.07) is 1.06. The van der Waals surface area contributed by atoms with Crippen molar-refractivity contribution in [3.63, 3.8) is 0 Å². The van der Waals surface area contributed by atoms with Crippen molar-refractivity contribution in [3.05, 3.63) is 0 Å². The zero-order valence-electron chi connectivity index (χ0n) is 20.1. The fraction of sp³-hybridized carbons (Fsp3) is 1.00. The summed E-state index contributed by atoms with van der Waals surface area (Å²) < 4.78 is 0. The number of fused-ring (bicyclic) bond motifs is 2. The van der Waals surface area contributed by atoms with Crippen molar-refractivity contribution >= 4 is 0 Å². The van der Waals surface area contributed by atoms with Gasteiger partial charge in [-0.15, -0.1) is 0 Å². The van der Waals surface area contributed by atoms with E-state index in [1.165, 1.54) is 44.9 Å². The fourth-order valence-electron chi connectivity index (χ4n) is 11.1. The van der Waals surface area contributed by atoms with Crippen LogP contribution in [0.1, 0.15) is 86.0 Å². The van der Waals surface area contributed by atoms with Crippen molar-refractivity contribution in [1.82, 2.24) is 10.6 Å². The van der Waals surface area contributed by atoms with Gasteiger partial charge < -0.3 is 15.7 Å². The van der Waals surface area contributed by atoms with Crippen LogP contribution in [0.4, 0.5) is 0 Å². The predicted molar refractivity (Wildman–Crippen MR) is 120 cm³/mol. The van der Waals surface area contributed by atoms with Gasteiger partial charge in [0.1, 0.15) is 0 Å². The van der Waals surface area contributed by atoms with Crippen molar-refractivity contribution in [2.75, 3.05) is 14.1 Å². The highest BCUT2D eigenvalue weighted by Gasteiger charge is 2.82. The third-order valence-corrected chi connectivity index (χ3v) is 12.5. The summed E-state index contributed by atoms with van der Waals surface area (Å²) in [7, 11) is 4.25. The predicted octanol–water partition coefficient (Wildman–Crippen LogP) is 4.59. The molecule has 0 bridgehead atoms. The van der Waals surface area contributed by atoms with E-state index in [9.17, 15) is 5.11 Å². The first-order valence-electron chi connectivity index (χ1n) is 12.6. The van der Waals surface area contributed by atoms with Crippen molar-refractivity contribution in [3.8, 4) is 0 Å². The average molecular weight is 403 g/mol. The lowest BCUT2D eigenvalue weighted by atomic mass is 9.42. The van der Waals surface area contributed by atoms with E-state index in [0.717, 1.165) is 18.3 Å². The van der Waals surface area contributed by atoms with Gasteiger partial charge in [-0.25, -0.2) is 0 Å². The van der Waals surface area contributed by atoms with Gasteiger partial charge in [0, 0.05) is 18.0 Å². The third-order valence-electron chi connectivity index (χ3n) is 12.5. The number of aliphatic hydroxyl groups is 1. The molecule has 5 rings (SSSR count). The van der Waals surface area contributed by atoms with E-state index < -0.39 is 0 Å². The topological polar surface area (TPSA) is 44.3 Å². The normalized spacial score (nSPS) is 58.6. The van der Waals surface area contributed by atoms with Gasteiger partial charge in [-0.1, -0.05) is 27.7 Å². The highest BCUT2D eigenvalue weighted by molar-refractivity contribution is 5.31. The highest BCUT2D eigenvalue weighted by Crippen LogP contribution is 2.88. The van der Waals surface area contributed by atoms with E-state index >= 15 is 0 Å². The largest absolute Gasteiger partial charge is 0.393 e. The Bertz CT molecular complexity index is 692. The van der Waals surface area contributed by atoms with E-state index in [-0.39, 0.29) is 11.5 Å². The third kappa shape index (κ3) is 2.16. The van der Waals surface area contributed by atoms with Crippen LogP contribution in [0.15, 0.2) is 0 Å². The lowest BCUT2D eigenvalue weighted by Crippen LogP contribution is -2.59. The van der Waals surface area contributed by atoms with Crippen LogP contribution < -0.4 is 10.6 Å². The second kappa shape index (κ2) is 6.01. The molecular weight excluding hydrogens is 356 g/mol. The molecule has 0 aromatic heterocycles. The molecule has 10 atom stereocenters. The lowest BCUT2D eigenvalue weighted by Gasteiger charge is -2.63. The maximum atomic E-state index is 11.3. The highest BCUT2D eigenvalue weighted by atomic mass is 16.3. The Labute approximate surface area is 179 Å². The molecule has 5 aliphatic rings. The van der Waals surface area contributed by atoms with Gasteiger partial charge in [-0.05, 0) is 111 Å². The number of aliphatic hydroxyl groups excluding tert-OH is 1. The molecule has 2 spiro atoms. The maximum Gasteiger partial charge on any atom is 0.0594 e. The van der Waals surface area contributed by atoms with Gasteiger partial charge in [0.25, 0.3) is 0 Å². The molecule has 0 aromatic carbocycles. The molecule has 0 aromatic rings. The lowest BCUT2D eigenvalue weighted by molar-refractivity contribution is -0.144. The summed E-state index contributed by atoms with van der Waals surface area (Å²) >= 11 is 0. The number of nitrogens with one attached hydrogen (secondary N) is 2. The van der Waals surface area contributed by atoms with Crippen LogP contribution in [-0.2, 0) is 0 Å². The second-order valence-corrected chi connectivity index (χ2v) is 13.1. The molecule has 0 amide bonds. The maximum absolute atomic E-state index is 11.3. The Kier molecular flexibility index (Phi) is 4.31. The first kappa shape index (κ1) is 20.8. The molecule has 29 heavy (non-hydrogen) atoms. The molecule has 5 fully saturated rings. The van der Waals surface area contributed by atoms with Crippen LogP contribution in [0.25, 0.3) is 0 Å². The quantitative estimate of drug-likeness (QED) is 0.647. The minimum absolute atomic E-state index is 0.147. The summed E-state index contributed by atoms with van der Waals surface area (Å²) in [5, 5.41) is 18.4. The molecule has 0 saturated heterocycles. The van der Waals surface area contributed by atoms with Crippen molar-refractivity contribution in [2.45, 2.75) is 104 Å². The Morgan fingerprint density at radius 1 is 0.862 bits per heavy atom. The van der Waals surface area contributed by atoms with Crippen LogP contribution in [0.5, 0.6) is 0 Å². The standard InChI is InChI=1S/C26H46N2O/c1-16(27-6)21-17(29)14-24(5)19-9-8-18-22(2,3)20(28-7)10-11-25(18)15-26(19,25)13-12-23(21,24)4/h16-21,27-29H,8-15H2,1-7H3/t16-,17-,18+,19-,20+,21-,23-,24+,25+,26-/m1/s1. The summed E-state index contributed by atoms with van der Waals surface area (Å²) in [6.45, 7) is 12.6. The van der Waals surface area contributed by atoms with E-state index in [1.807, 2.05) is 0 Å². The Balaban J connectivity index is 1.52. The van der Waals surface area contributed by atoms with Crippen LogP contribution in [-0.4, -0.2) is 37.4 Å². The van der Waals surface area contributed by atoms with Crippen LogP contribution in [0.2, 0.25) is 0 Å². The zero-order valence-corrected chi connectivity index (χ0v) is 20.1. The molecule has 166 valence electrons. The van der Waals surface area contributed by atoms with Crippen LogP contribution >= 0.6 is 0 Å². The Morgan fingerprint density at radius 3 is 2.17 bits per heavy atom. The van der Waals surface area contributed by atoms with Crippen molar-refractivity contribution in [1.29, 1.82) is 0 Å². The molecule has 5 saturated carbocycles. The zero-order chi connectivity index (χ0) is 21.0. The van der Waals surface area contributed by atoms with Crippen LogP contribution in [0, 0.1) is 44.8 Å². The molecular formula is C26H46N2O. The molecule has 3 N–H and O–H groups in total. The summed E-state index contributed by atoms with van der Waals surface area (Å²) in [6.07, 6.45) is 10.7. The molecule has 3 nitrogen and oxygen atoms in total. The summed E-state index contributed by atoms with van der Waals surface area (Å²) in [4.78, 5) is 0. The van der Waals surface area contributed by atoms with Gasteiger partial charge in [0.15, 0.2) is 0 Å². The molecule has 3 heteroatoms. The number of rotatable bonds is 3. The van der Waals surface area contributed by atoms with Gasteiger partial charge in [-0.2, -0.15) is 0 Å². The first-order valence-corrected chi connectivity index (χ1v) is 12.6. The van der Waals surface area contributed by atoms with E-state index in [2.05, 4.69) is 59.3 Å². The van der Waals surface area contributed by atoms with Gasteiger partial charge in [0.2, 0.25) is 0 Å². The average Bonchev–Trinajstić information content (AvgIpc) is 3.26. The number of hydrogen-bond acceptors (Lipinski definition) is 3. The van der Waals surface area contributed by atoms with Gasteiger partial charge in [0.05, 0.1) is 6.10 Å². The Hall–Kier alpha value is -0.120. The van der Waals surface area contributed by atoms with Crippen molar-refractivity contribution in [2.24, 2.45) is 44.8 Å². The molecule has 0 radical (unpaired) electrons. The van der Waals surface area contributed by atoms with Crippen molar-refractivity contribution < 1.29 is 5.11 Å². The van der Waals surface area contributed by atoms with Gasteiger partial charge in [-0.3, -0.25) is 0 Å². The van der Waals surface area contributed by atoms with E-state index in [4.69, 9.17) is 0 Å². The van der Waals surface area contributed by atoms with E-state index in [1.54, 1.807) is 0 Å². The molecule has 0 heterocycles. The number of hydrogen-bond donors (Lipinski definition) is 3. The fourth-order valence-corrected chi connectivity index (χ4v) is 11.1. The van der Waals surface area contributed by atoms with Gasteiger partial charge >= 0.3 is 0 Å². The second-order valence-electron chi connectivity index (χ2n) is 13.1. The smallest absolute Gasteiger partial charge is 0.0594 e. The van der Waals surface area contributed by atoms with E-state index in [0.29, 0.717) is 39.7 Å². The molecule has 0 aliphatic heterocycles. The molecule has 5 aliphatic carbocycles. The SMILES string of the molecule is CN[C@H]1CC[C@@]23C[C@@]24CC[C@]2(C)[C@H]([C@@H](C)NC)[C@H](O)C[C@@]2(C)[C@H]4CC[C@H]3C1(C)C. The molecule has 0 unspecified atom stereocenters. The Morgan fingerprint density at radius 2 is 1.52 bits per heavy atom. The summed E-state index contributed by atoms with van der Waals surface area (Å²) in [5.74, 6) is 2.08. The van der Waals surface area contributed by atoms with Crippen LogP contribution in [0.3, 0.4) is 0 Å². The monoisotopic (exact) mass is 402 g/mol. The minimum Gasteiger partial charge on any atom is -0.393 e. The summed E-state index contributed by atoms with van der Waals surface area (Å²) in [5.41, 5.74) is 2.14.